The van der Waals surface area contributed by atoms with Crippen molar-refractivity contribution in [1.29, 1.82) is 0 Å². The first-order chi connectivity index (χ1) is 10.0. The minimum atomic E-state index is -1.33. The van der Waals surface area contributed by atoms with Crippen molar-refractivity contribution in [3.05, 3.63) is 33.3 Å². The van der Waals surface area contributed by atoms with Gasteiger partial charge in [0.2, 0.25) is 5.91 Å². The molecule has 0 aromatic heterocycles. The molecule has 0 aliphatic carbocycles. The predicted molar refractivity (Wildman–Crippen MR) is 96.4 cm³/mol. The van der Waals surface area contributed by atoms with Crippen molar-refractivity contribution in [1.82, 2.24) is 4.72 Å². The van der Waals surface area contributed by atoms with E-state index >= 15 is 0 Å². The number of carbonyl (C=O) groups excluding carboxylic acids is 1. The number of benzene rings is 1. The summed E-state index contributed by atoms with van der Waals surface area (Å²) in [6, 6.07) is 4.92. The van der Waals surface area contributed by atoms with Crippen LogP contribution in [0, 0.1) is 0 Å². The third kappa shape index (κ3) is 6.16. The molecule has 0 heterocycles. The van der Waals surface area contributed by atoms with Gasteiger partial charge in [0.1, 0.15) is 5.38 Å². The van der Waals surface area contributed by atoms with E-state index in [-0.39, 0.29) is 6.42 Å². The molecular weight excluding hydrogens is 411 g/mol. The highest BCUT2D eigenvalue weighted by molar-refractivity contribution is 9.10. The van der Waals surface area contributed by atoms with Crippen LogP contribution in [-0.4, -0.2) is 20.2 Å². The van der Waals surface area contributed by atoms with Crippen LogP contribution in [0.1, 0.15) is 38.8 Å². The minimum Gasteiger partial charge on any atom is -0.368 e. The van der Waals surface area contributed by atoms with Crippen LogP contribution >= 0.6 is 39.1 Å². The van der Waals surface area contributed by atoms with E-state index in [1.165, 1.54) is 0 Å². The summed E-state index contributed by atoms with van der Waals surface area (Å²) in [5.74, 6) is -0.615. The zero-order valence-corrected chi connectivity index (χ0v) is 16.4. The summed E-state index contributed by atoms with van der Waals surface area (Å²) >= 11 is 15.4. The first-order valence-electron chi connectivity index (χ1n) is 6.58. The van der Waals surface area contributed by atoms with E-state index in [1.807, 2.05) is 26.8 Å². The summed E-state index contributed by atoms with van der Waals surface area (Å²) < 4.78 is 15.7. The van der Waals surface area contributed by atoms with Crippen LogP contribution in [-0.2, 0) is 15.8 Å². The molecule has 124 valence electrons. The fourth-order valence-electron chi connectivity index (χ4n) is 1.66. The Kier molecular flexibility index (Phi) is 7.33. The standard InChI is InChI=1S/C14H19BrCl2N2O2S/c1-14(2,3)22(21)19-12(7-11(17)13(18)20)8-4-9(15)6-10(16)5-8/h4-6,11-12,19H,7H2,1-3H3,(H2,18,20)/t11?,12-,22-/m1/s1. The second-order valence-corrected chi connectivity index (χ2v) is 9.74. The molecule has 1 amide bonds. The van der Waals surface area contributed by atoms with Gasteiger partial charge in [0, 0.05) is 15.5 Å². The average molecular weight is 430 g/mol. The molecule has 3 N–H and O–H groups in total. The van der Waals surface area contributed by atoms with Gasteiger partial charge in [-0.1, -0.05) is 27.5 Å². The number of alkyl halides is 1. The molecule has 0 saturated heterocycles. The Labute approximate surface area is 151 Å². The molecule has 1 aromatic rings. The predicted octanol–water partition coefficient (Wildman–Crippen LogP) is 3.68. The molecule has 4 nitrogen and oxygen atoms in total. The van der Waals surface area contributed by atoms with Gasteiger partial charge in [-0.15, -0.1) is 11.6 Å². The maximum atomic E-state index is 12.4. The van der Waals surface area contributed by atoms with Crippen molar-refractivity contribution in [2.24, 2.45) is 5.73 Å². The highest BCUT2D eigenvalue weighted by Crippen LogP contribution is 2.28. The van der Waals surface area contributed by atoms with Gasteiger partial charge in [-0.3, -0.25) is 4.79 Å². The lowest BCUT2D eigenvalue weighted by atomic mass is 10.0. The van der Waals surface area contributed by atoms with Crippen LogP contribution in [0.4, 0.5) is 0 Å². The number of nitrogens with two attached hydrogens (primary N) is 1. The van der Waals surface area contributed by atoms with Crippen LogP contribution in [0.5, 0.6) is 0 Å². The van der Waals surface area contributed by atoms with E-state index in [2.05, 4.69) is 20.7 Å². The Balaban J connectivity index is 3.10. The molecule has 8 heteroatoms. The van der Waals surface area contributed by atoms with Crippen LogP contribution in [0.25, 0.3) is 0 Å². The van der Waals surface area contributed by atoms with Crippen molar-refractivity contribution in [3.8, 4) is 0 Å². The van der Waals surface area contributed by atoms with Crippen LogP contribution in [0.3, 0.4) is 0 Å². The molecule has 0 aliphatic rings. The third-order valence-corrected chi connectivity index (χ3v) is 5.52. The lowest BCUT2D eigenvalue weighted by molar-refractivity contribution is -0.117. The fraction of sp³-hybridized carbons (Fsp3) is 0.500. The van der Waals surface area contributed by atoms with E-state index in [0.717, 1.165) is 10.0 Å². The number of hydrogen-bond donors (Lipinski definition) is 2. The maximum Gasteiger partial charge on any atom is 0.235 e. The Morgan fingerprint density at radius 1 is 1.41 bits per heavy atom. The van der Waals surface area contributed by atoms with Gasteiger partial charge < -0.3 is 5.73 Å². The molecule has 22 heavy (non-hydrogen) atoms. The second-order valence-electron chi connectivity index (χ2n) is 5.86. The van der Waals surface area contributed by atoms with Crippen molar-refractivity contribution in [2.75, 3.05) is 0 Å². The summed E-state index contributed by atoms with van der Waals surface area (Å²) in [5.41, 5.74) is 6.01. The summed E-state index contributed by atoms with van der Waals surface area (Å²) in [4.78, 5) is 11.2. The molecule has 0 bridgehead atoms. The van der Waals surface area contributed by atoms with Gasteiger partial charge in [-0.25, -0.2) is 8.93 Å². The van der Waals surface area contributed by atoms with Crippen molar-refractivity contribution >= 4 is 56.0 Å². The Morgan fingerprint density at radius 2 is 2.00 bits per heavy atom. The zero-order chi connectivity index (χ0) is 17.1. The summed E-state index contributed by atoms with van der Waals surface area (Å²) in [6.07, 6.45) is 0.214. The Morgan fingerprint density at radius 3 is 2.45 bits per heavy atom. The Hall–Kier alpha value is -0.140. The van der Waals surface area contributed by atoms with Gasteiger partial charge in [0.25, 0.3) is 0 Å². The number of hydrogen-bond acceptors (Lipinski definition) is 2. The van der Waals surface area contributed by atoms with Gasteiger partial charge in [0.15, 0.2) is 0 Å². The topological polar surface area (TPSA) is 72.2 Å². The van der Waals surface area contributed by atoms with Crippen LogP contribution < -0.4 is 10.5 Å². The first kappa shape index (κ1) is 19.9. The number of primary amides is 1. The number of amides is 1. The number of rotatable bonds is 6. The molecule has 0 fully saturated rings. The largest absolute Gasteiger partial charge is 0.368 e. The highest BCUT2D eigenvalue weighted by Gasteiger charge is 2.27. The van der Waals surface area contributed by atoms with Gasteiger partial charge in [0.05, 0.1) is 15.7 Å². The number of nitrogens with one attached hydrogen (secondary N) is 1. The fourth-order valence-corrected chi connectivity index (χ4v) is 3.57. The van der Waals surface area contributed by atoms with Crippen molar-refractivity contribution in [2.45, 2.75) is 43.4 Å². The SMILES string of the molecule is CC(C)(C)[S@@](=O)N[C@H](CC(Cl)C(N)=O)c1cc(Cl)cc(Br)c1. The highest BCUT2D eigenvalue weighted by atomic mass is 79.9. The number of carbonyl (C=O) groups is 1. The van der Waals surface area contributed by atoms with Crippen LogP contribution in [0.15, 0.2) is 22.7 Å². The average Bonchev–Trinajstić information content (AvgIpc) is 2.35. The maximum absolute atomic E-state index is 12.4. The van der Waals surface area contributed by atoms with Crippen molar-refractivity contribution in [3.63, 3.8) is 0 Å². The van der Waals surface area contributed by atoms with E-state index in [4.69, 9.17) is 28.9 Å². The van der Waals surface area contributed by atoms with Gasteiger partial charge in [-0.2, -0.15) is 0 Å². The normalized spacial score (nSPS) is 16.1. The Bertz CT molecular complexity index is 558. The molecule has 1 rings (SSSR count). The molecular formula is C14H19BrCl2N2O2S. The molecule has 0 saturated carbocycles. The first-order valence-corrected chi connectivity index (χ1v) is 9.34. The summed E-state index contributed by atoms with van der Waals surface area (Å²) in [7, 11) is -1.33. The van der Waals surface area contributed by atoms with E-state index in [0.29, 0.717) is 5.02 Å². The molecule has 0 radical (unpaired) electrons. The zero-order valence-electron chi connectivity index (χ0n) is 12.5. The van der Waals surface area contributed by atoms with E-state index in [1.54, 1.807) is 12.1 Å². The number of halogens is 3. The summed E-state index contributed by atoms with van der Waals surface area (Å²) in [6.45, 7) is 5.56. The summed E-state index contributed by atoms with van der Waals surface area (Å²) in [5, 5.41) is -0.338. The van der Waals surface area contributed by atoms with E-state index < -0.39 is 33.1 Å². The van der Waals surface area contributed by atoms with Crippen LogP contribution in [0.2, 0.25) is 5.02 Å². The van der Waals surface area contributed by atoms with Gasteiger partial charge >= 0.3 is 0 Å². The molecule has 3 atom stereocenters. The monoisotopic (exact) mass is 428 g/mol. The van der Waals surface area contributed by atoms with Gasteiger partial charge in [-0.05, 0) is 51.0 Å². The molecule has 1 aromatic carbocycles. The molecule has 1 unspecified atom stereocenters. The second kappa shape index (κ2) is 8.11. The quantitative estimate of drug-likeness (QED) is 0.677. The van der Waals surface area contributed by atoms with E-state index in [9.17, 15) is 9.00 Å². The van der Waals surface area contributed by atoms with Crippen molar-refractivity contribution < 1.29 is 9.00 Å². The third-order valence-electron chi connectivity index (χ3n) is 2.84. The minimum absolute atomic E-state index is 0.214. The molecule has 0 aliphatic heterocycles. The lowest BCUT2D eigenvalue weighted by Crippen LogP contribution is -2.38. The smallest absolute Gasteiger partial charge is 0.235 e. The molecule has 0 spiro atoms. The lowest BCUT2D eigenvalue weighted by Gasteiger charge is -2.25.